The highest BCUT2D eigenvalue weighted by Gasteiger charge is 2.29. The van der Waals surface area contributed by atoms with Gasteiger partial charge in [0.25, 0.3) is 0 Å². The van der Waals surface area contributed by atoms with Gasteiger partial charge < -0.3 is 18.9 Å². The van der Waals surface area contributed by atoms with Crippen LogP contribution >= 0.6 is 0 Å². The molecule has 7 nitrogen and oxygen atoms in total. The van der Waals surface area contributed by atoms with E-state index in [1.54, 1.807) is 6.92 Å². The van der Waals surface area contributed by atoms with Crippen molar-refractivity contribution in [1.82, 2.24) is 15.0 Å². The summed E-state index contributed by atoms with van der Waals surface area (Å²) in [7, 11) is 2.02. The normalized spacial score (nSPS) is 21.6. The lowest BCUT2D eigenvalue weighted by Crippen LogP contribution is -2.35. The van der Waals surface area contributed by atoms with Crippen molar-refractivity contribution in [1.29, 1.82) is 0 Å². The molecule has 112 valence electrons. The molecule has 0 aromatic carbocycles. The van der Waals surface area contributed by atoms with Gasteiger partial charge in [0.1, 0.15) is 12.0 Å². The van der Waals surface area contributed by atoms with Crippen LogP contribution in [-0.4, -0.2) is 54.4 Å². The minimum Gasteiger partial charge on any atom is -0.465 e. The summed E-state index contributed by atoms with van der Waals surface area (Å²) in [6.07, 6.45) is 0.359. The van der Waals surface area contributed by atoms with E-state index in [4.69, 9.17) is 14.0 Å². The molecule has 20 heavy (non-hydrogen) atoms. The van der Waals surface area contributed by atoms with Crippen LogP contribution in [0.15, 0.2) is 4.52 Å². The molecule has 0 saturated carbocycles. The number of esters is 1. The number of carbonyl (C=O) groups is 1. The fraction of sp³-hybridized carbons (Fsp3) is 0.769. The Hall–Kier alpha value is -1.47. The molecule has 0 bridgehead atoms. The molecular weight excluding hydrogens is 262 g/mol. The highest BCUT2D eigenvalue weighted by molar-refractivity contribution is 5.76. The first-order valence-corrected chi connectivity index (χ1v) is 6.96. The van der Waals surface area contributed by atoms with E-state index < -0.39 is 5.92 Å². The second-order valence-corrected chi connectivity index (χ2v) is 4.83. The number of hydrogen-bond donors (Lipinski definition) is 0. The molecule has 0 spiro atoms. The van der Waals surface area contributed by atoms with E-state index in [9.17, 15) is 4.79 Å². The molecule has 1 fully saturated rings. The number of carbonyl (C=O) groups excluding carboxylic acids is 1. The molecule has 2 atom stereocenters. The van der Waals surface area contributed by atoms with E-state index in [-0.39, 0.29) is 12.1 Å². The summed E-state index contributed by atoms with van der Waals surface area (Å²) in [5.74, 6) is -0.0310. The lowest BCUT2D eigenvalue weighted by Gasteiger charge is -2.27. The number of morpholine rings is 1. The van der Waals surface area contributed by atoms with Crippen molar-refractivity contribution in [3.63, 3.8) is 0 Å². The molecule has 0 radical (unpaired) electrons. The zero-order valence-electron chi connectivity index (χ0n) is 12.2. The number of hydrogen-bond acceptors (Lipinski definition) is 7. The first-order valence-electron chi connectivity index (χ1n) is 6.96. The number of aromatic nitrogens is 2. The van der Waals surface area contributed by atoms with Crippen LogP contribution < -0.4 is 0 Å². The summed E-state index contributed by atoms with van der Waals surface area (Å²) in [5, 5.41) is 3.94. The maximum Gasteiger partial charge on any atom is 0.318 e. The molecule has 2 heterocycles. The van der Waals surface area contributed by atoms with Gasteiger partial charge in [-0.1, -0.05) is 12.1 Å². The third-order valence-corrected chi connectivity index (χ3v) is 3.29. The zero-order valence-corrected chi connectivity index (χ0v) is 12.2. The van der Waals surface area contributed by atoms with Crippen molar-refractivity contribution in [3.05, 3.63) is 11.7 Å². The quantitative estimate of drug-likeness (QED) is 0.749. The van der Waals surface area contributed by atoms with Gasteiger partial charge in [-0.25, -0.2) is 0 Å². The molecule has 2 unspecified atom stereocenters. The van der Waals surface area contributed by atoms with Crippen molar-refractivity contribution < 1.29 is 18.8 Å². The Morgan fingerprint density at radius 1 is 1.55 bits per heavy atom. The minimum atomic E-state index is -0.502. The van der Waals surface area contributed by atoms with Gasteiger partial charge in [-0.05, 0) is 20.4 Å². The van der Waals surface area contributed by atoms with Crippen LogP contribution in [0.5, 0.6) is 0 Å². The zero-order chi connectivity index (χ0) is 14.5. The largest absolute Gasteiger partial charge is 0.465 e. The summed E-state index contributed by atoms with van der Waals surface area (Å²) in [6.45, 7) is 6.25. The minimum absolute atomic E-state index is 0.203. The highest BCUT2D eigenvalue weighted by Crippen LogP contribution is 2.24. The highest BCUT2D eigenvalue weighted by atomic mass is 16.5. The maximum absolute atomic E-state index is 11.8. The van der Waals surface area contributed by atoms with Gasteiger partial charge >= 0.3 is 5.97 Å². The molecule has 2 rings (SSSR count). The first-order chi connectivity index (χ1) is 9.65. The van der Waals surface area contributed by atoms with Gasteiger partial charge in [-0.2, -0.15) is 4.98 Å². The van der Waals surface area contributed by atoms with Crippen LogP contribution in [0.2, 0.25) is 0 Å². The standard InChI is InChI=1S/C13H21N3O4/c1-4-9(13(17)18-5-2)12-14-11(15-20-12)10-8-16(3)6-7-19-10/h9-10H,4-8H2,1-3H3. The predicted octanol–water partition coefficient (Wildman–Crippen LogP) is 1.13. The monoisotopic (exact) mass is 283 g/mol. The molecule has 1 saturated heterocycles. The molecular formula is C13H21N3O4. The summed E-state index contributed by atoms with van der Waals surface area (Å²) in [5.41, 5.74) is 0. The van der Waals surface area contributed by atoms with E-state index in [2.05, 4.69) is 15.0 Å². The van der Waals surface area contributed by atoms with Crippen molar-refractivity contribution in [2.24, 2.45) is 0 Å². The third kappa shape index (κ3) is 3.34. The molecule has 0 aliphatic carbocycles. The summed E-state index contributed by atoms with van der Waals surface area (Å²) >= 11 is 0. The van der Waals surface area contributed by atoms with Gasteiger partial charge in [-0.3, -0.25) is 4.79 Å². The number of ether oxygens (including phenoxy) is 2. The Bertz CT molecular complexity index is 449. The SMILES string of the molecule is CCOC(=O)C(CC)c1nc(C2CN(C)CCO2)no1. The lowest BCUT2D eigenvalue weighted by atomic mass is 10.1. The Labute approximate surface area is 118 Å². The number of nitrogens with zero attached hydrogens (tertiary/aromatic N) is 3. The van der Waals surface area contributed by atoms with Crippen LogP contribution in [0.4, 0.5) is 0 Å². The number of likely N-dealkylation sites (N-methyl/N-ethyl adjacent to an activating group) is 1. The second-order valence-electron chi connectivity index (χ2n) is 4.83. The average molecular weight is 283 g/mol. The molecule has 1 aliphatic heterocycles. The Morgan fingerprint density at radius 2 is 2.35 bits per heavy atom. The van der Waals surface area contributed by atoms with Crippen molar-refractivity contribution >= 4 is 5.97 Å². The van der Waals surface area contributed by atoms with Crippen molar-refractivity contribution in [3.8, 4) is 0 Å². The molecule has 7 heteroatoms. The Morgan fingerprint density at radius 3 is 3.00 bits per heavy atom. The number of rotatable bonds is 5. The fourth-order valence-corrected chi connectivity index (χ4v) is 2.14. The predicted molar refractivity (Wildman–Crippen MR) is 70.2 cm³/mol. The van der Waals surface area contributed by atoms with Gasteiger partial charge in [0.05, 0.1) is 13.2 Å². The van der Waals surface area contributed by atoms with Crippen LogP contribution in [0.3, 0.4) is 0 Å². The molecule has 0 N–H and O–H groups in total. The van der Waals surface area contributed by atoms with Crippen molar-refractivity contribution in [2.45, 2.75) is 32.3 Å². The van der Waals surface area contributed by atoms with E-state index in [0.717, 1.165) is 13.1 Å². The molecule has 1 aliphatic rings. The topological polar surface area (TPSA) is 77.7 Å². The summed E-state index contributed by atoms with van der Waals surface area (Å²) in [6, 6.07) is 0. The summed E-state index contributed by atoms with van der Waals surface area (Å²) in [4.78, 5) is 18.3. The van der Waals surface area contributed by atoms with E-state index >= 15 is 0 Å². The van der Waals surface area contributed by atoms with Gasteiger partial charge in [-0.15, -0.1) is 0 Å². The third-order valence-electron chi connectivity index (χ3n) is 3.29. The fourth-order valence-electron chi connectivity index (χ4n) is 2.14. The van der Waals surface area contributed by atoms with Gasteiger partial charge in [0.2, 0.25) is 11.7 Å². The van der Waals surface area contributed by atoms with E-state index in [0.29, 0.717) is 31.3 Å². The molecule has 1 aromatic rings. The Kier molecular flexibility index (Phi) is 5.08. The maximum atomic E-state index is 11.8. The average Bonchev–Trinajstić information content (AvgIpc) is 2.89. The first kappa shape index (κ1) is 14.9. The molecule has 1 aromatic heterocycles. The van der Waals surface area contributed by atoms with E-state index in [1.807, 2.05) is 14.0 Å². The second kappa shape index (κ2) is 6.81. The van der Waals surface area contributed by atoms with Crippen LogP contribution in [-0.2, 0) is 14.3 Å². The van der Waals surface area contributed by atoms with Crippen LogP contribution in [0.25, 0.3) is 0 Å². The van der Waals surface area contributed by atoms with Gasteiger partial charge in [0.15, 0.2) is 0 Å². The van der Waals surface area contributed by atoms with Gasteiger partial charge in [0, 0.05) is 13.1 Å². The smallest absolute Gasteiger partial charge is 0.318 e. The summed E-state index contributed by atoms with van der Waals surface area (Å²) < 4.78 is 15.9. The lowest BCUT2D eigenvalue weighted by molar-refractivity contribution is -0.145. The van der Waals surface area contributed by atoms with E-state index in [1.165, 1.54) is 0 Å². The van der Waals surface area contributed by atoms with Crippen LogP contribution in [0, 0.1) is 0 Å². The molecule has 0 amide bonds. The Balaban J connectivity index is 2.08. The van der Waals surface area contributed by atoms with Crippen LogP contribution in [0.1, 0.15) is 44.0 Å². The van der Waals surface area contributed by atoms with Crippen molar-refractivity contribution in [2.75, 3.05) is 33.4 Å².